The molecule has 0 aromatic carbocycles. The normalized spacial score (nSPS) is 9.90. The van der Waals surface area contributed by atoms with E-state index in [1.165, 1.54) is 25.7 Å². The van der Waals surface area contributed by atoms with Crippen LogP contribution in [0.25, 0.3) is 0 Å². The minimum atomic E-state index is -0.237. The molecule has 0 saturated carbocycles. The average Bonchev–Trinajstić information content (AvgIpc) is 1.97. The Balaban J connectivity index is 3.00. The third kappa shape index (κ3) is 6.65. The van der Waals surface area contributed by atoms with Gasteiger partial charge in [0.25, 0.3) is 14.1 Å². The number of hydrogen-bond donors (Lipinski definition) is 0. The summed E-state index contributed by atoms with van der Waals surface area (Å²) in [5.74, 6) is 2.52. The maximum Gasteiger partial charge on any atom is 0.258 e. The molecule has 0 N–H and O–H groups in total. The Morgan fingerprint density at radius 1 is 0.900 bits per heavy atom. The van der Waals surface area contributed by atoms with Crippen LogP contribution in [0.1, 0.15) is 39.5 Å². The first-order valence-electron chi connectivity index (χ1n) is 4.81. The first kappa shape index (κ1) is 10.5. The highest BCUT2D eigenvalue weighted by Crippen LogP contribution is 2.08. The molecule has 0 saturated heterocycles. The van der Waals surface area contributed by atoms with Crippen molar-refractivity contribution in [3.05, 3.63) is 0 Å². The molecule has 0 atom stereocenters. The summed E-state index contributed by atoms with van der Waals surface area (Å²) >= 11 is -0.237. The molecule has 0 aliphatic heterocycles. The fourth-order valence-corrected chi connectivity index (χ4v) is 3.75. The molecule has 0 rings (SSSR count). The minimum Gasteiger partial charge on any atom is -0.106 e. The van der Waals surface area contributed by atoms with Gasteiger partial charge in [-0.2, -0.15) is 0 Å². The van der Waals surface area contributed by atoms with Crippen LogP contribution in [0, 0.1) is 0 Å². The van der Waals surface area contributed by atoms with Gasteiger partial charge in [0.2, 0.25) is 0 Å². The van der Waals surface area contributed by atoms with E-state index < -0.39 is 0 Å². The molecule has 0 unspecified atom stereocenters. The van der Waals surface area contributed by atoms with Gasteiger partial charge in [-0.3, -0.25) is 0 Å². The smallest absolute Gasteiger partial charge is 0.106 e. The topological polar surface area (TPSA) is 0 Å². The molecule has 0 aromatic rings. The largest absolute Gasteiger partial charge is 0.258 e. The quantitative estimate of drug-likeness (QED) is 0.514. The first-order valence-corrected chi connectivity index (χ1v) is 7.60. The first-order chi connectivity index (χ1) is 4.81. The lowest BCUT2D eigenvalue weighted by Crippen LogP contribution is -2.04. The van der Waals surface area contributed by atoms with Gasteiger partial charge in [-0.25, -0.2) is 0 Å². The summed E-state index contributed by atoms with van der Waals surface area (Å²) in [6, 6.07) is 0. The van der Waals surface area contributed by atoms with Gasteiger partial charge in [0, 0.05) is 0 Å². The molecular weight excluding hydrogens is 135 g/mol. The molecule has 0 nitrogen and oxygen atoms in total. The van der Waals surface area contributed by atoms with Gasteiger partial charge in [0.05, 0.1) is 0 Å². The van der Waals surface area contributed by atoms with Gasteiger partial charge in [-0.1, -0.05) is 50.1 Å². The molecule has 10 heavy (non-hydrogen) atoms. The molecule has 0 spiro atoms. The van der Waals surface area contributed by atoms with Gasteiger partial charge >= 0.3 is 0 Å². The second-order valence-corrected chi connectivity index (χ2v) is 6.75. The van der Waals surface area contributed by atoms with Crippen LogP contribution >= 0.6 is 0 Å². The van der Waals surface area contributed by atoms with Gasteiger partial charge in [0.15, 0.2) is 0 Å². The Morgan fingerprint density at radius 2 is 1.30 bits per heavy atom. The molecule has 0 fully saturated rings. The lowest BCUT2D eigenvalue weighted by Gasteiger charge is -2.02. The summed E-state index contributed by atoms with van der Waals surface area (Å²) in [7, 11) is 0. The maximum atomic E-state index is 2.52. The molecule has 0 radical (unpaired) electrons. The lowest BCUT2D eigenvalue weighted by atomic mass is 10.4. The standard InChI is InChI=1S/2C4H9.CH3.Al/c2*1-3-4-2;;/h2*1,3-4H2,2H3;1H3;. The van der Waals surface area contributed by atoms with Crippen molar-refractivity contribution in [1.29, 1.82) is 0 Å². The summed E-state index contributed by atoms with van der Waals surface area (Å²) in [6.45, 7) is 4.59. The van der Waals surface area contributed by atoms with Crippen LogP contribution < -0.4 is 0 Å². The predicted molar refractivity (Wildman–Crippen MR) is 51.0 cm³/mol. The van der Waals surface area contributed by atoms with Crippen LogP contribution in [0.3, 0.4) is 0 Å². The van der Waals surface area contributed by atoms with Crippen LogP contribution in [0.4, 0.5) is 0 Å². The van der Waals surface area contributed by atoms with E-state index in [0.717, 1.165) is 0 Å². The molecule has 0 aliphatic carbocycles. The highest BCUT2D eigenvalue weighted by Gasteiger charge is 2.06. The van der Waals surface area contributed by atoms with Gasteiger partial charge in [-0.15, -0.1) is 5.79 Å². The summed E-state index contributed by atoms with van der Waals surface area (Å²) in [4.78, 5) is 0. The van der Waals surface area contributed by atoms with Crippen molar-refractivity contribution in [2.45, 2.75) is 55.9 Å². The molecule has 1 heteroatoms. The van der Waals surface area contributed by atoms with Crippen molar-refractivity contribution in [2.24, 2.45) is 0 Å². The second kappa shape index (κ2) is 7.64. The zero-order valence-corrected chi connectivity index (χ0v) is 8.97. The van der Waals surface area contributed by atoms with Crippen LogP contribution in [-0.2, 0) is 0 Å². The van der Waals surface area contributed by atoms with E-state index in [1.54, 1.807) is 10.6 Å². The van der Waals surface area contributed by atoms with Crippen LogP contribution in [-0.4, -0.2) is 14.1 Å². The Kier molecular flexibility index (Phi) is 8.04. The van der Waals surface area contributed by atoms with E-state index in [4.69, 9.17) is 0 Å². The minimum absolute atomic E-state index is 0.237. The van der Waals surface area contributed by atoms with Crippen molar-refractivity contribution in [3.8, 4) is 0 Å². The van der Waals surface area contributed by atoms with Gasteiger partial charge < -0.3 is 0 Å². The van der Waals surface area contributed by atoms with Crippen LogP contribution in [0.15, 0.2) is 0 Å². The van der Waals surface area contributed by atoms with Crippen molar-refractivity contribution in [2.75, 3.05) is 0 Å². The molecule has 0 aromatic heterocycles. The predicted octanol–water partition coefficient (Wildman–Crippen LogP) is 3.71. The zero-order chi connectivity index (χ0) is 7.82. The fourth-order valence-electron chi connectivity index (χ4n) is 1.25. The number of hydrogen-bond acceptors (Lipinski definition) is 0. The summed E-state index contributed by atoms with van der Waals surface area (Å²) in [5, 5.41) is 3.16. The Morgan fingerprint density at radius 3 is 1.60 bits per heavy atom. The van der Waals surface area contributed by atoms with E-state index >= 15 is 0 Å². The van der Waals surface area contributed by atoms with E-state index in [0.29, 0.717) is 0 Å². The lowest BCUT2D eigenvalue weighted by molar-refractivity contribution is 0.842. The number of rotatable bonds is 6. The van der Waals surface area contributed by atoms with E-state index in [-0.39, 0.29) is 14.1 Å². The summed E-state index contributed by atoms with van der Waals surface area (Å²) in [6.07, 6.45) is 5.75. The van der Waals surface area contributed by atoms with Crippen molar-refractivity contribution in [1.82, 2.24) is 0 Å². The summed E-state index contributed by atoms with van der Waals surface area (Å²) in [5.41, 5.74) is 0. The highest BCUT2D eigenvalue weighted by atomic mass is 27.2. The third-order valence-electron chi connectivity index (χ3n) is 2.10. The Labute approximate surface area is 70.4 Å². The zero-order valence-electron chi connectivity index (χ0n) is 7.82. The fraction of sp³-hybridized carbons (Fsp3) is 1.00. The maximum absolute atomic E-state index is 2.52. The monoisotopic (exact) mass is 156 g/mol. The molecule has 0 aliphatic rings. The molecule has 60 valence electrons. The van der Waals surface area contributed by atoms with Crippen molar-refractivity contribution >= 4 is 14.1 Å². The third-order valence-corrected chi connectivity index (χ3v) is 4.89. The molecule has 0 bridgehead atoms. The molecular formula is C9H21Al. The average molecular weight is 156 g/mol. The van der Waals surface area contributed by atoms with E-state index in [1.807, 2.05) is 0 Å². The number of unbranched alkanes of at least 4 members (excludes halogenated alkanes) is 2. The van der Waals surface area contributed by atoms with Crippen LogP contribution in [0.2, 0.25) is 16.4 Å². The van der Waals surface area contributed by atoms with Crippen molar-refractivity contribution in [3.63, 3.8) is 0 Å². The molecule has 0 heterocycles. The highest BCUT2D eigenvalue weighted by molar-refractivity contribution is 6.57. The van der Waals surface area contributed by atoms with E-state index in [9.17, 15) is 0 Å². The van der Waals surface area contributed by atoms with E-state index in [2.05, 4.69) is 19.6 Å². The summed E-state index contributed by atoms with van der Waals surface area (Å²) < 4.78 is 0. The Bertz CT molecular complexity index is 53.7. The van der Waals surface area contributed by atoms with Gasteiger partial charge in [0.1, 0.15) is 0 Å². The Hall–Kier alpha value is 0.532. The van der Waals surface area contributed by atoms with Crippen LogP contribution in [0.5, 0.6) is 0 Å². The van der Waals surface area contributed by atoms with Crippen molar-refractivity contribution < 1.29 is 0 Å². The van der Waals surface area contributed by atoms with Gasteiger partial charge in [-0.05, 0) is 0 Å². The molecule has 0 amide bonds. The second-order valence-electron chi connectivity index (χ2n) is 3.39. The SMILES string of the molecule is CCC[CH2][Al]([CH3])[CH2]CCC.